The Balaban J connectivity index is 1.67. The largest absolute Gasteiger partial charge is 0.507 e. The Morgan fingerprint density at radius 2 is 1.89 bits per heavy atom. The number of nitrogens with zero attached hydrogens (tertiary/aromatic N) is 2. The number of halogens is 1. The van der Waals surface area contributed by atoms with E-state index in [-0.39, 0.29) is 11.3 Å². The molecule has 6 nitrogen and oxygen atoms in total. The van der Waals surface area contributed by atoms with Crippen LogP contribution in [0.5, 0.6) is 5.75 Å². The Labute approximate surface area is 211 Å². The number of carbonyl (C=O) groups excluding carboxylic acids is 2. The Morgan fingerprint density at radius 1 is 1.09 bits per heavy atom. The molecule has 4 aromatic rings. The van der Waals surface area contributed by atoms with Crippen LogP contribution >= 0.6 is 22.9 Å². The highest BCUT2D eigenvalue weighted by Gasteiger charge is 2.48. The summed E-state index contributed by atoms with van der Waals surface area (Å²) in [6.45, 7) is 2.53. The molecule has 1 aliphatic heterocycles. The molecule has 1 saturated heterocycles. The number of ketones is 1. The molecule has 1 fully saturated rings. The summed E-state index contributed by atoms with van der Waals surface area (Å²) in [6, 6.07) is 20.5. The van der Waals surface area contributed by atoms with Gasteiger partial charge in [-0.05, 0) is 42.3 Å². The summed E-state index contributed by atoms with van der Waals surface area (Å²) in [5, 5.41) is 12.2. The molecule has 0 radical (unpaired) electrons. The van der Waals surface area contributed by atoms with Gasteiger partial charge < -0.3 is 9.84 Å². The first-order chi connectivity index (χ1) is 17.0. The van der Waals surface area contributed by atoms with Crippen LogP contribution in [-0.4, -0.2) is 28.4 Å². The van der Waals surface area contributed by atoms with Crippen LogP contribution in [0.1, 0.15) is 30.5 Å². The van der Waals surface area contributed by atoms with E-state index in [2.05, 4.69) is 4.98 Å². The van der Waals surface area contributed by atoms with E-state index in [1.165, 1.54) is 16.2 Å². The van der Waals surface area contributed by atoms with Crippen molar-refractivity contribution in [1.29, 1.82) is 0 Å². The maximum atomic E-state index is 13.3. The molecule has 1 aromatic heterocycles. The number of benzene rings is 3. The van der Waals surface area contributed by atoms with Gasteiger partial charge in [-0.2, -0.15) is 0 Å². The van der Waals surface area contributed by atoms with Crippen LogP contribution < -0.4 is 9.64 Å². The molecule has 1 amide bonds. The van der Waals surface area contributed by atoms with Crippen LogP contribution in [0.25, 0.3) is 16.0 Å². The lowest BCUT2D eigenvalue weighted by atomic mass is 9.95. The van der Waals surface area contributed by atoms with Gasteiger partial charge in [0.15, 0.2) is 5.13 Å². The first-order valence-electron chi connectivity index (χ1n) is 11.1. The molecule has 0 bridgehead atoms. The molecule has 35 heavy (non-hydrogen) atoms. The van der Waals surface area contributed by atoms with Crippen LogP contribution in [0, 0.1) is 0 Å². The Bertz CT molecular complexity index is 1460. The van der Waals surface area contributed by atoms with Crippen LogP contribution in [0.3, 0.4) is 0 Å². The van der Waals surface area contributed by atoms with Crippen molar-refractivity contribution < 1.29 is 19.4 Å². The molecule has 1 aliphatic rings. The number of fused-ring (bicyclic) bond motifs is 1. The Kier molecular flexibility index (Phi) is 6.28. The smallest absolute Gasteiger partial charge is 0.301 e. The van der Waals surface area contributed by atoms with Crippen molar-refractivity contribution in [2.24, 2.45) is 0 Å². The number of hydrogen-bond donors (Lipinski definition) is 1. The number of carbonyl (C=O) groups is 2. The van der Waals surface area contributed by atoms with Crippen LogP contribution in [0.4, 0.5) is 5.13 Å². The molecule has 0 saturated carbocycles. The van der Waals surface area contributed by atoms with Gasteiger partial charge in [0.1, 0.15) is 11.5 Å². The number of thiazole rings is 1. The number of aliphatic hydroxyl groups is 1. The highest BCUT2D eigenvalue weighted by Crippen LogP contribution is 2.44. The molecule has 0 aliphatic carbocycles. The predicted octanol–water partition coefficient (Wildman–Crippen LogP) is 6.36. The fourth-order valence-corrected chi connectivity index (χ4v) is 5.35. The van der Waals surface area contributed by atoms with E-state index >= 15 is 0 Å². The summed E-state index contributed by atoms with van der Waals surface area (Å²) in [5.74, 6) is -1.20. The molecule has 1 atom stereocenters. The SMILES string of the molecule is CCCOc1cccc(C(O)=C2C(=O)C(=O)N(c3nc4ccc(Cl)cc4s3)C2c2ccccc2)c1. The van der Waals surface area contributed by atoms with Crippen molar-refractivity contribution in [3.8, 4) is 5.75 Å². The topological polar surface area (TPSA) is 79.7 Å². The normalized spacial score (nSPS) is 17.3. The third-order valence-corrected chi connectivity index (χ3v) is 6.94. The zero-order valence-corrected chi connectivity index (χ0v) is 20.3. The minimum atomic E-state index is -0.840. The maximum absolute atomic E-state index is 13.3. The van der Waals surface area contributed by atoms with Crippen LogP contribution in [0.15, 0.2) is 78.4 Å². The minimum absolute atomic E-state index is 0.00568. The molecule has 1 unspecified atom stereocenters. The van der Waals surface area contributed by atoms with Crippen molar-refractivity contribution in [3.05, 3.63) is 94.5 Å². The lowest BCUT2D eigenvalue weighted by molar-refractivity contribution is -0.132. The second kappa shape index (κ2) is 9.52. The second-order valence-electron chi connectivity index (χ2n) is 8.06. The lowest BCUT2D eigenvalue weighted by Crippen LogP contribution is -2.29. The number of anilines is 1. The van der Waals surface area contributed by atoms with E-state index in [1.807, 2.05) is 37.3 Å². The Morgan fingerprint density at radius 3 is 2.66 bits per heavy atom. The Hall–Kier alpha value is -3.68. The molecule has 176 valence electrons. The van der Waals surface area contributed by atoms with Gasteiger partial charge in [0.05, 0.1) is 28.4 Å². The molecule has 8 heteroatoms. The average Bonchev–Trinajstić information content (AvgIpc) is 3.40. The van der Waals surface area contributed by atoms with Gasteiger partial charge >= 0.3 is 5.91 Å². The fourth-order valence-electron chi connectivity index (χ4n) is 4.08. The molecule has 5 rings (SSSR count). The summed E-state index contributed by atoms with van der Waals surface area (Å²) in [7, 11) is 0. The number of aromatic nitrogens is 1. The number of rotatable bonds is 6. The van der Waals surface area contributed by atoms with E-state index in [1.54, 1.807) is 42.5 Å². The predicted molar refractivity (Wildman–Crippen MR) is 138 cm³/mol. The van der Waals surface area contributed by atoms with Gasteiger partial charge in [-0.25, -0.2) is 4.98 Å². The quantitative estimate of drug-likeness (QED) is 0.187. The average molecular weight is 505 g/mol. The van der Waals surface area contributed by atoms with E-state index in [4.69, 9.17) is 16.3 Å². The summed E-state index contributed by atoms with van der Waals surface area (Å²) in [4.78, 5) is 32.6. The van der Waals surface area contributed by atoms with Gasteiger partial charge in [0, 0.05) is 10.6 Å². The highest BCUT2D eigenvalue weighted by molar-refractivity contribution is 7.22. The summed E-state index contributed by atoms with van der Waals surface area (Å²) < 4.78 is 6.48. The van der Waals surface area contributed by atoms with Crippen molar-refractivity contribution in [2.75, 3.05) is 11.5 Å². The fraction of sp³-hybridized carbons (Fsp3) is 0.148. The zero-order chi connectivity index (χ0) is 24.5. The van der Waals surface area contributed by atoms with Crippen molar-refractivity contribution in [1.82, 2.24) is 4.98 Å². The zero-order valence-electron chi connectivity index (χ0n) is 18.8. The molecule has 2 heterocycles. The van der Waals surface area contributed by atoms with Gasteiger partial charge in [-0.1, -0.05) is 72.3 Å². The van der Waals surface area contributed by atoms with Crippen molar-refractivity contribution >= 4 is 55.7 Å². The number of aliphatic hydroxyl groups excluding tert-OH is 1. The summed E-state index contributed by atoms with van der Waals surface area (Å²) >= 11 is 7.40. The molecule has 0 spiro atoms. The van der Waals surface area contributed by atoms with E-state index in [9.17, 15) is 14.7 Å². The van der Waals surface area contributed by atoms with Crippen molar-refractivity contribution in [2.45, 2.75) is 19.4 Å². The number of amides is 1. The van der Waals surface area contributed by atoms with Gasteiger partial charge in [-0.15, -0.1) is 0 Å². The van der Waals surface area contributed by atoms with E-state index in [0.717, 1.165) is 11.1 Å². The number of ether oxygens (including phenoxy) is 1. The second-order valence-corrected chi connectivity index (χ2v) is 9.51. The first kappa shape index (κ1) is 23.1. The lowest BCUT2D eigenvalue weighted by Gasteiger charge is -2.23. The standard InChI is InChI=1S/C27H21ClN2O4S/c1-2-13-34-19-10-6-9-17(14-19)24(31)22-23(16-7-4-3-5-8-16)30(26(33)25(22)32)27-29-20-12-11-18(28)15-21(20)35-27/h3-12,14-15,23,31H,2,13H2,1H3. The van der Waals surface area contributed by atoms with Gasteiger partial charge in [-0.3, -0.25) is 14.5 Å². The molecule has 1 N–H and O–H groups in total. The third kappa shape index (κ3) is 4.29. The highest BCUT2D eigenvalue weighted by atomic mass is 35.5. The third-order valence-electron chi connectivity index (χ3n) is 5.69. The van der Waals surface area contributed by atoms with E-state index < -0.39 is 17.7 Å². The first-order valence-corrected chi connectivity index (χ1v) is 12.3. The maximum Gasteiger partial charge on any atom is 0.301 e. The van der Waals surface area contributed by atoms with Gasteiger partial charge in [0.2, 0.25) is 0 Å². The van der Waals surface area contributed by atoms with Crippen LogP contribution in [0.2, 0.25) is 5.02 Å². The molecular formula is C27H21ClN2O4S. The van der Waals surface area contributed by atoms with Gasteiger partial charge in [0.25, 0.3) is 5.78 Å². The molecule has 3 aromatic carbocycles. The summed E-state index contributed by atoms with van der Waals surface area (Å²) in [5.41, 5.74) is 1.76. The summed E-state index contributed by atoms with van der Waals surface area (Å²) in [6.07, 6.45) is 0.836. The van der Waals surface area contributed by atoms with E-state index in [0.29, 0.717) is 39.2 Å². The number of Topliss-reactive ketones (excluding diaryl/α,β-unsaturated/α-hetero) is 1. The van der Waals surface area contributed by atoms with Crippen LogP contribution in [-0.2, 0) is 9.59 Å². The van der Waals surface area contributed by atoms with Crippen molar-refractivity contribution in [3.63, 3.8) is 0 Å². The molecular weight excluding hydrogens is 484 g/mol. The minimum Gasteiger partial charge on any atom is -0.507 e. The number of hydrogen-bond acceptors (Lipinski definition) is 6. The monoisotopic (exact) mass is 504 g/mol.